The molecule has 2 amide bonds. The molecule has 1 heterocycles. The molecule has 36 heavy (non-hydrogen) atoms. The smallest absolute Gasteiger partial charge is 0.265 e. The van der Waals surface area contributed by atoms with Crippen LogP contribution in [-0.4, -0.2) is 34.8 Å². The molecule has 1 aliphatic rings. The molecule has 3 aromatic rings. The van der Waals surface area contributed by atoms with Gasteiger partial charge in [0.2, 0.25) is 11.9 Å². The van der Waals surface area contributed by atoms with Crippen LogP contribution in [0.4, 0.5) is 11.4 Å². The van der Waals surface area contributed by atoms with Gasteiger partial charge in [0.25, 0.3) is 5.91 Å². The van der Waals surface area contributed by atoms with Crippen molar-refractivity contribution in [2.45, 2.75) is 45.7 Å². The Morgan fingerprint density at radius 3 is 2.25 bits per heavy atom. The third-order valence-electron chi connectivity index (χ3n) is 5.74. The summed E-state index contributed by atoms with van der Waals surface area (Å²) < 4.78 is 0. The fraction of sp³-hybridized carbons (Fsp3) is 0.276. The Kier molecular flexibility index (Phi) is 7.45. The first-order valence-electron chi connectivity index (χ1n) is 12.1. The van der Waals surface area contributed by atoms with Crippen molar-refractivity contribution < 1.29 is 9.59 Å². The van der Waals surface area contributed by atoms with Gasteiger partial charge in [0, 0.05) is 28.2 Å². The van der Waals surface area contributed by atoms with Crippen molar-refractivity contribution >= 4 is 40.7 Å². The molecule has 0 bridgehead atoms. The molecule has 4 rings (SSSR count). The largest absolute Gasteiger partial charge is 0.349 e. The van der Waals surface area contributed by atoms with Crippen LogP contribution >= 0.6 is 11.6 Å². The average Bonchev–Trinajstić information content (AvgIpc) is 2.85. The highest BCUT2D eigenvalue weighted by atomic mass is 35.5. The van der Waals surface area contributed by atoms with E-state index >= 15 is 0 Å². The molecule has 0 aromatic heterocycles. The van der Waals surface area contributed by atoms with Crippen LogP contribution < -0.4 is 10.2 Å². The van der Waals surface area contributed by atoms with E-state index in [1.54, 1.807) is 41.3 Å². The number of amides is 2. The zero-order valence-corrected chi connectivity index (χ0v) is 21.8. The molecule has 1 atom stereocenters. The molecule has 6 nitrogen and oxygen atoms in total. The number of fused-ring (bicyclic) bond motifs is 1. The van der Waals surface area contributed by atoms with Gasteiger partial charge in [-0.3, -0.25) is 9.59 Å². The van der Waals surface area contributed by atoms with Gasteiger partial charge in [0.1, 0.15) is 6.04 Å². The van der Waals surface area contributed by atoms with E-state index in [2.05, 4.69) is 5.32 Å². The van der Waals surface area contributed by atoms with Gasteiger partial charge in [0.15, 0.2) is 0 Å². The molecule has 0 saturated heterocycles. The van der Waals surface area contributed by atoms with E-state index in [9.17, 15) is 9.59 Å². The number of hydrogen-bond acceptors (Lipinski definition) is 4. The lowest BCUT2D eigenvalue weighted by molar-refractivity contribution is -0.126. The molecule has 3 aromatic carbocycles. The van der Waals surface area contributed by atoms with Gasteiger partial charge in [-0.1, -0.05) is 54.9 Å². The minimum atomic E-state index is -0.647. The van der Waals surface area contributed by atoms with E-state index in [1.165, 1.54) is 0 Å². The summed E-state index contributed by atoms with van der Waals surface area (Å²) in [7, 11) is 0. The standard InChI is InChI=1S/C29H31ClN4O2/c1-5-19-33-25(26(35)32-29(2,3)4)23-13-9-10-14-24(23)31-28(33)34(22-17-15-21(30)16-18-22)27(36)20-11-7-6-8-12-20/h6-18,25H,5,19H2,1-4H3,(H,32,35). The van der Waals surface area contributed by atoms with Crippen molar-refractivity contribution in [2.24, 2.45) is 4.99 Å². The number of guanidine groups is 1. The summed E-state index contributed by atoms with van der Waals surface area (Å²) in [4.78, 5) is 36.2. The Bertz CT molecular complexity index is 1270. The SMILES string of the molecule is CCCN1C(N(C(=O)c2ccccc2)c2ccc(Cl)cc2)=Nc2ccccc2C1C(=O)NC(C)(C)C. The van der Waals surface area contributed by atoms with Crippen molar-refractivity contribution in [3.63, 3.8) is 0 Å². The summed E-state index contributed by atoms with van der Waals surface area (Å²) in [6, 6.07) is 23.1. The number of rotatable bonds is 5. The number of hydrogen-bond donors (Lipinski definition) is 1. The monoisotopic (exact) mass is 502 g/mol. The lowest BCUT2D eigenvalue weighted by Gasteiger charge is -2.41. The third kappa shape index (κ3) is 5.44. The maximum atomic E-state index is 14.0. The van der Waals surface area contributed by atoms with Crippen LogP contribution in [0, 0.1) is 0 Å². The average molecular weight is 503 g/mol. The number of carbonyl (C=O) groups excluding carboxylic acids is 2. The van der Waals surface area contributed by atoms with Crippen LogP contribution in [0.3, 0.4) is 0 Å². The van der Waals surface area contributed by atoms with Crippen molar-refractivity contribution in [3.05, 3.63) is 95.0 Å². The lowest BCUT2D eigenvalue weighted by atomic mass is 9.98. The predicted molar refractivity (Wildman–Crippen MR) is 146 cm³/mol. The maximum Gasteiger partial charge on any atom is 0.265 e. The van der Waals surface area contributed by atoms with Crippen molar-refractivity contribution in [2.75, 3.05) is 11.4 Å². The summed E-state index contributed by atoms with van der Waals surface area (Å²) in [5, 5.41) is 3.69. The van der Waals surface area contributed by atoms with Gasteiger partial charge in [-0.2, -0.15) is 0 Å². The zero-order valence-electron chi connectivity index (χ0n) is 21.0. The van der Waals surface area contributed by atoms with Crippen LogP contribution in [0.2, 0.25) is 5.02 Å². The van der Waals surface area contributed by atoms with E-state index in [1.807, 2.05) is 75.1 Å². The Hall–Kier alpha value is -3.64. The second kappa shape index (κ2) is 10.5. The maximum absolute atomic E-state index is 14.0. The highest BCUT2D eigenvalue weighted by molar-refractivity contribution is 6.31. The van der Waals surface area contributed by atoms with Crippen LogP contribution in [-0.2, 0) is 4.79 Å². The number of benzene rings is 3. The van der Waals surface area contributed by atoms with Crippen molar-refractivity contribution in [1.82, 2.24) is 10.2 Å². The zero-order chi connectivity index (χ0) is 25.9. The summed E-state index contributed by atoms with van der Waals surface area (Å²) in [6.07, 6.45) is 0.758. The molecular weight excluding hydrogens is 472 g/mol. The topological polar surface area (TPSA) is 65.0 Å². The van der Waals surface area contributed by atoms with Gasteiger partial charge in [0.05, 0.1) is 11.4 Å². The number of halogens is 1. The molecule has 0 saturated carbocycles. The number of aliphatic imine (C=N–C) groups is 1. The first-order valence-corrected chi connectivity index (χ1v) is 12.5. The van der Waals surface area contributed by atoms with Crippen LogP contribution in [0.5, 0.6) is 0 Å². The lowest BCUT2D eigenvalue weighted by Crippen LogP contribution is -2.55. The molecule has 7 heteroatoms. The van der Waals surface area contributed by atoms with E-state index < -0.39 is 11.6 Å². The highest BCUT2D eigenvalue weighted by Crippen LogP contribution is 2.37. The fourth-order valence-corrected chi connectivity index (χ4v) is 4.39. The summed E-state index contributed by atoms with van der Waals surface area (Å²) >= 11 is 6.17. The molecule has 1 N–H and O–H groups in total. The molecule has 0 spiro atoms. The second-order valence-electron chi connectivity index (χ2n) is 9.79. The van der Waals surface area contributed by atoms with Gasteiger partial charge >= 0.3 is 0 Å². The van der Waals surface area contributed by atoms with Crippen LogP contribution in [0.15, 0.2) is 83.9 Å². The third-order valence-corrected chi connectivity index (χ3v) is 5.99. The highest BCUT2D eigenvalue weighted by Gasteiger charge is 2.40. The molecule has 0 aliphatic carbocycles. The minimum absolute atomic E-state index is 0.140. The molecule has 1 unspecified atom stereocenters. The minimum Gasteiger partial charge on any atom is -0.349 e. The summed E-state index contributed by atoms with van der Waals surface area (Å²) in [5.41, 5.74) is 2.17. The van der Waals surface area contributed by atoms with Crippen molar-refractivity contribution in [3.8, 4) is 0 Å². The predicted octanol–water partition coefficient (Wildman–Crippen LogP) is 6.36. The summed E-state index contributed by atoms with van der Waals surface area (Å²) in [5.74, 6) is 0.0203. The van der Waals surface area contributed by atoms with E-state index in [-0.39, 0.29) is 11.8 Å². The van der Waals surface area contributed by atoms with Crippen molar-refractivity contribution in [1.29, 1.82) is 0 Å². The molecule has 0 radical (unpaired) electrons. The Morgan fingerprint density at radius 1 is 0.972 bits per heavy atom. The van der Waals surface area contributed by atoms with E-state index in [0.29, 0.717) is 34.5 Å². The number of nitrogens with zero attached hydrogens (tertiary/aromatic N) is 3. The first-order chi connectivity index (χ1) is 17.2. The first kappa shape index (κ1) is 25.5. The Balaban J connectivity index is 1.92. The van der Waals surface area contributed by atoms with Gasteiger partial charge in [-0.15, -0.1) is 0 Å². The molecular formula is C29H31ClN4O2. The number of anilines is 1. The molecule has 186 valence electrons. The van der Waals surface area contributed by atoms with Crippen LogP contribution in [0.1, 0.15) is 56.1 Å². The normalized spacial score (nSPS) is 15.1. The Morgan fingerprint density at radius 2 is 1.61 bits per heavy atom. The van der Waals surface area contributed by atoms with E-state index in [0.717, 1.165) is 12.0 Å². The number of para-hydroxylation sites is 1. The number of nitrogens with one attached hydrogen (secondary N) is 1. The quantitative estimate of drug-likeness (QED) is 0.441. The Labute approximate surface area is 217 Å². The van der Waals surface area contributed by atoms with Gasteiger partial charge in [-0.25, -0.2) is 9.89 Å². The van der Waals surface area contributed by atoms with E-state index in [4.69, 9.17) is 16.6 Å². The number of carbonyl (C=O) groups is 2. The molecule has 1 aliphatic heterocycles. The van der Waals surface area contributed by atoms with Crippen LogP contribution in [0.25, 0.3) is 0 Å². The molecule has 0 fully saturated rings. The van der Waals surface area contributed by atoms with Gasteiger partial charge < -0.3 is 10.2 Å². The van der Waals surface area contributed by atoms with Gasteiger partial charge in [-0.05, 0) is 69.7 Å². The fourth-order valence-electron chi connectivity index (χ4n) is 4.27. The summed E-state index contributed by atoms with van der Waals surface area (Å²) in [6.45, 7) is 8.44. The second-order valence-corrected chi connectivity index (χ2v) is 10.2.